The predicted molar refractivity (Wildman–Crippen MR) is 61.7 cm³/mol. The lowest BCUT2D eigenvalue weighted by Crippen LogP contribution is -2.10. The second-order valence-corrected chi connectivity index (χ2v) is 5.36. The van der Waals surface area contributed by atoms with Crippen LogP contribution in [0.1, 0.15) is 11.1 Å². The lowest BCUT2D eigenvalue weighted by molar-refractivity contribution is 0.429. The highest BCUT2D eigenvalue weighted by atomic mass is 32.2. The monoisotopic (exact) mass is 251 g/mol. The van der Waals surface area contributed by atoms with Crippen LogP contribution < -0.4 is 0 Å². The lowest BCUT2D eigenvalue weighted by atomic mass is 10.2. The van der Waals surface area contributed by atoms with Gasteiger partial charge in [-0.25, -0.2) is 17.8 Å². The van der Waals surface area contributed by atoms with Crippen molar-refractivity contribution in [1.29, 1.82) is 0 Å². The highest BCUT2D eigenvalue weighted by Gasteiger charge is 2.29. The van der Waals surface area contributed by atoms with Gasteiger partial charge in [-0.05, 0) is 12.1 Å². The van der Waals surface area contributed by atoms with E-state index in [9.17, 15) is 12.8 Å². The molecule has 1 heterocycles. The van der Waals surface area contributed by atoms with Crippen molar-refractivity contribution in [3.63, 3.8) is 0 Å². The number of pyridine rings is 1. The molecule has 0 N–H and O–H groups in total. The zero-order chi connectivity index (χ0) is 12.3. The summed E-state index contributed by atoms with van der Waals surface area (Å²) in [4.78, 5) is 3.67. The highest BCUT2D eigenvalue weighted by molar-refractivity contribution is 7.91. The molecule has 17 heavy (non-hydrogen) atoms. The van der Waals surface area contributed by atoms with Gasteiger partial charge >= 0.3 is 0 Å². The van der Waals surface area contributed by atoms with Gasteiger partial charge in [-0.15, -0.1) is 0 Å². The van der Waals surface area contributed by atoms with Crippen LogP contribution in [0.15, 0.2) is 59.8 Å². The van der Waals surface area contributed by atoms with Gasteiger partial charge in [0.05, 0.1) is 0 Å². The van der Waals surface area contributed by atoms with Gasteiger partial charge < -0.3 is 0 Å². The lowest BCUT2D eigenvalue weighted by Gasteiger charge is -2.09. The Balaban J connectivity index is 2.41. The molecule has 0 radical (unpaired) electrons. The van der Waals surface area contributed by atoms with E-state index in [0.29, 0.717) is 0 Å². The molecule has 0 aliphatic heterocycles. The fourth-order valence-corrected chi connectivity index (χ4v) is 2.61. The minimum atomic E-state index is -4.07. The van der Waals surface area contributed by atoms with Crippen LogP contribution in [0.25, 0.3) is 0 Å². The van der Waals surface area contributed by atoms with Crippen molar-refractivity contribution in [2.24, 2.45) is 0 Å². The Morgan fingerprint density at radius 1 is 1.00 bits per heavy atom. The number of benzene rings is 1. The summed E-state index contributed by atoms with van der Waals surface area (Å²) in [6, 6.07) is 12.1. The van der Waals surface area contributed by atoms with Crippen LogP contribution in [0.4, 0.5) is 4.39 Å². The Hall–Kier alpha value is -1.75. The molecule has 3 nitrogen and oxygen atoms in total. The predicted octanol–water partition coefficient (Wildman–Crippen LogP) is 2.52. The molecule has 0 saturated heterocycles. The molecule has 2 aromatic rings. The molecule has 1 aromatic carbocycles. The van der Waals surface area contributed by atoms with Crippen molar-refractivity contribution >= 4 is 9.84 Å². The molecular weight excluding hydrogens is 241 g/mol. The Morgan fingerprint density at radius 2 is 1.65 bits per heavy atom. The number of halogens is 1. The summed E-state index contributed by atoms with van der Waals surface area (Å²) in [6.45, 7) is 0. The van der Waals surface area contributed by atoms with Gasteiger partial charge in [-0.3, -0.25) is 0 Å². The molecule has 88 valence electrons. The molecule has 0 spiro atoms. The third-order valence-corrected chi connectivity index (χ3v) is 3.90. The minimum Gasteiger partial charge on any atom is -0.245 e. The van der Waals surface area contributed by atoms with Crippen molar-refractivity contribution in [3.05, 3.63) is 60.3 Å². The molecule has 0 aliphatic rings. The maximum Gasteiger partial charge on any atom is 0.231 e. The Morgan fingerprint density at radius 3 is 2.24 bits per heavy atom. The first-order valence-electron chi connectivity index (χ1n) is 4.96. The quantitative estimate of drug-likeness (QED) is 0.842. The van der Waals surface area contributed by atoms with Crippen molar-refractivity contribution in [1.82, 2.24) is 4.98 Å². The SMILES string of the molecule is O=S(=O)(c1ccccn1)[C@@H](F)c1ccccc1. The number of hydrogen-bond acceptors (Lipinski definition) is 3. The molecule has 0 aliphatic carbocycles. The number of alkyl halides is 1. The van der Waals surface area contributed by atoms with E-state index in [2.05, 4.69) is 4.98 Å². The van der Waals surface area contributed by atoms with Gasteiger partial charge in [0.1, 0.15) is 0 Å². The van der Waals surface area contributed by atoms with E-state index < -0.39 is 15.3 Å². The third kappa shape index (κ3) is 2.34. The van der Waals surface area contributed by atoms with Crippen LogP contribution in [0, 0.1) is 0 Å². The number of sulfone groups is 1. The molecule has 1 aromatic heterocycles. The molecule has 0 saturated carbocycles. The molecular formula is C12H10FNO2S. The number of nitrogens with zero attached hydrogens (tertiary/aromatic N) is 1. The normalized spacial score (nSPS) is 13.2. The van der Waals surface area contributed by atoms with Crippen LogP contribution in [0.2, 0.25) is 0 Å². The van der Waals surface area contributed by atoms with Crippen LogP contribution in [0.3, 0.4) is 0 Å². The summed E-state index contributed by atoms with van der Waals surface area (Å²) in [5, 5.41) is -0.253. The molecule has 1 atom stereocenters. The van der Waals surface area contributed by atoms with E-state index in [1.807, 2.05) is 0 Å². The number of aromatic nitrogens is 1. The Labute approximate surface area is 98.9 Å². The first-order valence-corrected chi connectivity index (χ1v) is 6.51. The van der Waals surface area contributed by atoms with E-state index in [-0.39, 0.29) is 10.6 Å². The largest absolute Gasteiger partial charge is 0.245 e. The number of rotatable bonds is 3. The summed E-state index contributed by atoms with van der Waals surface area (Å²) in [6.07, 6.45) is 1.32. The van der Waals surface area contributed by atoms with Crippen molar-refractivity contribution in [2.75, 3.05) is 0 Å². The molecule has 0 fully saturated rings. The van der Waals surface area contributed by atoms with Crippen LogP contribution in [-0.2, 0) is 9.84 Å². The van der Waals surface area contributed by atoms with Crippen LogP contribution in [0.5, 0.6) is 0 Å². The van der Waals surface area contributed by atoms with Gasteiger partial charge in [0.15, 0.2) is 5.03 Å². The number of hydrogen-bond donors (Lipinski definition) is 0. The van der Waals surface area contributed by atoms with E-state index in [1.54, 1.807) is 24.3 Å². The van der Waals surface area contributed by atoms with Crippen LogP contribution in [-0.4, -0.2) is 13.4 Å². The van der Waals surface area contributed by atoms with Gasteiger partial charge in [0.25, 0.3) is 0 Å². The summed E-state index contributed by atoms with van der Waals surface area (Å²) in [5.74, 6) is 0. The smallest absolute Gasteiger partial charge is 0.231 e. The fraction of sp³-hybridized carbons (Fsp3) is 0.0833. The van der Waals surface area contributed by atoms with Gasteiger partial charge in [0, 0.05) is 11.8 Å². The average molecular weight is 251 g/mol. The second kappa shape index (κ2) is 4.63. The van der Waals surface area contributed by atoms with E-state index in [0.717, 1.165) is 0 Å². The summed E-state index contributed by atoms with van der Waals surface area (Å²) >= 11 is 0. The molecule has 0 amide bonds. The van der Waals surface area contributed by atoms with E-state index in [4.69, 9.17) is 0 Å². The zero-order valence-electron chi connectivity index (χ0n) is 8.82. The van der Waals surface area contributed by atoms with Gasteiger partial charge in [0.2, 0.25) is 15.3 Å². The average Bonchev–Trinajstić information content (AvgIpc) is 2.40. The Bertz CT molecular complexity index is 584. The molecule has 5 heteroatoms. The minimum absolute atomic E-state index is 0.109. The fourth-order valence-electron chi connectivity index (χ4n) is 1.40. The maximum atomic E-state index is 14.0. The second-order valence-electron chi connectivity index (χ2n) is 3.44. The standard InChI is InChI=1S/C12H10FNO2S/c13-12(10-6-2-1-3-7-10)17(15,16)11-8-4-5-9-14-11/h1-9,12H/t12-/m1/s1. The topological polar surface area (TPSA) is 47.0 Å². The highest BCUT2D eigenvalue weighted by Crippen LogP contribution is 2.28. The zero-order valence-corrected chi connectivity index (χ0v) is 9.64. The molecule has 0 bridgehead atoms. The first-order chi connectivity index (χ1) is 8.12. The maximum absolute atomic E-state index is 14.0. The summed E-state index contributed by atoms with van der Waals surface area (Å²) in [5.41, 5.74) is -1.98. The third-order valence-electron chi connectivity index (χ3n) is 2.26. The van der Waals surface area contributed by atoms with E-state index >= 15 is 0 Å². The summed E-state index contributed by atoms with van der Waals surface area (Å²) in [7, 11) is -4.07. The Kier molecular flexibility index (Phi) is 3.19. The molecule has 2 rings (SSSR count). The van der Waals surface area contributed by atoms with E-state index in [1.165, 1.54) is 30.5 Å². The van der Waals surface area contributed by atoms with Gasteiger partial charge in [-0.1, -0.05) is 36.4 Å². The molecule has 0 unspecified atom stereocenters. The van der Waals surface area contributed by atoms with Crippen molar-refractivity contribution in [3.8, 4) is 0 Å². The van der Waals surface area contributed by atoms with Crippen molar-refractivity contribution in [2.45, 2.75) is 10.5 Å². The summed E-state index contributed by atoms with van der Waals surface area (Å²) < 4.78 is 37.8. The van der Waals surface area contributed by atoms with Crippen molar-refractivity contribution < 1.29 is 12.8 Å². The van der Waals surface area contributed by atoms with Crippen LogP contribution >= 0.6 is 0 Å². The van der Waals surface area contributed by atoms with Gasteiger partial charge in [-0.2, -0.15) is 0 Å². The first kappa shape index (κ1) is 11.7.